The van der Waals surface area contributed by atoms with E-state index in [1.54, 1.807) is 23.5 Å². The number of hydrogen-bond acceptors (Lipinski definition) is 4. The van der Waals surface area contributed by atoms with Gasteiger partial charge in [0.2, 0.25) is 11.8 Å². The van der Waals surface area contributed by atoms with E-state index >= 15 is 0 Å². The fourth-order valence-corrected chi connectivity index (χ4v) is 2.94. The third kappa shape index (κ3) is 3.29. The van der Waals surface area contributed by atoms with Gasteiger partial charge in [-0.05, 0) is 25.5 Å². The maximum absolute atomic E-state index is 12.5. The van der Waals surface area contributed by atoms with Crippen molar-refractivity contribution in [2.75, 3.05) is 11.9 Å². The molecule has 1 aliphatic rings. The molecule has 0 aliphatic carbocycles. The van der Waals surface area contributed by atoms with Crippen molar-refractivity contribution in [2.24, 2.45) is 5.92 Å². The number of rotatable bonds is 5. The Balaban J connectivity index is 1.62. The van der Waals surface area contributed by atoms with Gasteiger partial charge in [0.1, 0.15) is 0 Å². The molecular weight excluding hydrogens is 306 g/mol. The Hall–Kier alpha value is -2.70. The first-order valence-corrected chi connectivity index (χ1v) is 8.08. The van der Waals surface area contributed by atoms with Crippen molar-refractivity contribution < 1.29 is 9.59 Å². The van der Waals surface area contributed by atoms with Gasteiger partial charge in [-0.15, -0.1) is 0 Å². The van der Waals surface area contributed by atoms with Gasteiger partial charge in [-0.2, -0.15) is 5.10 Å². The summed E-state index contributed by atoms with van der Waals surface area (Å²) in [5.41, 5.74) is 2.59. The van der Waals surface area contributed by atoms with Gasteiger partial charge in [-0.1, -0.05) is 6.07 Å². The monoisotopic (exact) mass is 327 g/mol. The molecule has 1 aliphatic heterocycles. The Labute approximate surface area is 140 Å². The Kier molecular flexibility index (Phi) is 4.59. The fraction of sp³-hybridized carbons (Fsp3) is 0.412. The number of likely N-dealkylation sites (tertiary alicyclic amines) is 1. The van der Waals surface area contributed by atoms with Crippen LogP contribution in [-0.4, -0.2) is 38.0 Å². The normalized spacial score (nSPS) is 17.3. The predicted molar refractivity (Wildman–Crippen MR) is 89.0 cm³/mol. The van der Waals surface area contributed by atoms with Crippen LogP contribution in [0.2, 0.25) is 0 Å². The summed E-state index contributed by atoms with van der Waals surface area (Å²) in [7, 11) is 0. The van der Waals surface area contributed by atoms with Crippen LogP contribution in [-0.2, 0) is 22.7 Å². The summed E-state index contributed by atoms with van der Waals surface area (Å²) in [5.74, 6) is -0.464. The summed E-state index contributed by atoms with van der Waals surface area (Å²) in [5, 5.41) is 7.12. The van der Waals surface area contributed by atoms with Crippen LogP contribution in [0.5, 0.6) is 0 Å². The predicted octanol–water partition coefficient (Wildman–Crippen LogP) is 1.59. The van der Waals surface area contributed by atoms with Crippen LogP contribution >= 0.6 is 0 Å². The zero-order chi connectivity index (χ0) is 17.1. The molecule has 7 heteroatoms. The molecule has 0 saturated carbocycles. The summed E-state index contributed by atoms with van der Waals surface area (Å²) >= 11 is 0. The van der Waals surface area contributed by atoms with Gasteiger partial charge in [0.25, 0.3) is 0 Å². The van der Waals surface area contributed by atoms with Crippen molar-refractivity contribution >= 4 is 17.5 Å². The lowest BCUT2D eigenvalue weighted by atomic mass is 10.1. The van der Waals surface area contributed by atoms with E-state index in [0.29, 0.717) is 18.8 Å². The maximum atomic E-state index is 12.5. The standard InChI is InChI=1S/C17H21N5O2/c1-3-22-12(2)15(9-19-22)20-17(24)14-7-16(23)21(11-14)10-13-5-4-6-18-8-13/h4-6,8-9,14H,3,7,10-11H2,1-2H3,(H,20,24). The topological polar surface area (TPSA) is 80.1 Å². The van der Waals surface area contributed by atoms with E-state index in [2.05, 4.69) is 15.4 Å². The quantitative estimate of drug-likeness (QED) is 0.904. The van der Waals surface area contributed by atoms with Crippen molar-refractivity contribution in [3.05, 3.63) is 42.0 Å². The van der Waals surface area contributed by atoms with Crippen molar-refractivity contribution in [1.82, 2.24) is 19.7 Å². The van der Waals surface area contributed by atoms with E-state index in [1.165, 1.54) is 0 Å². The van der Waals surface area contributed by atoms with Crippen molar-refractivity contribution in [2.45, 2.75) is 33.4 Å². The number of nitrogens with one attached hydrogen (secondary N) is 1. The van der Waals surface area contributed by atoms with Gasteiger partial charge in [0.15, 0.2) is 0 Å². The lowest BCUT2D eigenvalue weighted by Gasteiger charge is -2.16. The fourth-order valence-electron chi connectivity index (χ4n) is 2.94. The third-order valence-electron chi connectivity index (χ3n) is 4.34. The lowest BCUT2D eigenvalue weighted by Crippen LogP contribution is -2.28. The molecule has 2 amide bonds. The van der Waals surface area contributed by atoms with Gasteiger partial charge in [-0.25, -0.2) is 0 Å². The second kappa shape index (κ2) is 6.82. The van der Waals surface area contributed by atoms with Gasteiger partial charge >= 0.3 is 0 Å². The van der Waals surface area contributed by atoms with Crippen molar-refractivity contribution in [3.8, 4) is 0 Å². The number of carbonyl (C=O) groups is 2. The Bertz CT molecular complexity index is 741. The first-order valence-electron chi connectivity index (χ1n) is 8.08. The molecule has 0 bridgehead atoms. The van der Waals surface area contributed by atoms with Gasteiger partial charge < -0.3 is 10.2 Å². The van der Waals surface area contributed by atoms with Crippen molar-refractivity contribution in [3.63, 3.8) is 0 Å². The van der Waals surface area contributed by atoms with Gasteiger partial charge in [0.05, 0.1) is 23.5 Å². The second-order valence-electron chi connectivity index (χ2n) is 5.99. The summed E-state index contributed by atoms with van der Waals surface area (Å²) in [6.07, 6.45) is 5.33. The molecular formula is C17H21N5O2. The van der Waals surface area contributed by atoms with Gasteiger partial charge in [-0.3, -0.25) is 19.3 Å². The molecule has 1 unspecified atom stereocenters. The number of nitrogens with zero attached hydrogens (tertiary/aromatic N) is 4. The van der Waals surface area contributed by atoms with Crippen LogP contribution < -0.4 is 5.32 Å². The molecule has 1 atom stereocenters. The van der Waals surface area contributed by atoms with E-state index in [-0.39, 0.29) is 24.2 Å². The van der Waals surface area contributed by atoms with Crippen LogP contribution in [0.25, 0.3) is 0 Å². The smallest absolute Gasteiger partial charge is 0.229 e. The molecule has 0 spiro atoms. The average molecular weight is 327 g/mol. The van der Waals surface area contributed by atoms with Crippen LogP contribution in [0.3, 0.4) is 0 Å². The van der Waals surface area contributed by atoms with E-state index in [0.717, 1.165) is 17.8 Å². The van der Waals surface area contributed by atoms with E-state index in [9.17, 15) is 9.59 Å². The number of carbonyl (C=O) groups excluding carboxylic acids is 2. The van der Waals surface area contributed by atoms with E-state index in [1.807, 2.05) is 30.7 Å². The molecule has 7 nitrogen and oxygen atoms in total. The van der Waals surface area contributed by atoms with Crippen LogP contribution in [0, 0.1) is 12.8 Å². The zero-order valence-corrected chi connectivity index (χ0v) is 13.9. The minimum Gasteiger partial charge on any atom is -0.337 e. The highest BCUT2D eigenvalue weighted by Crippen LogP contribution is 2.22. The number of amides is 2. The van der Waals surface area contributed by atoms with E-state index in [4.69, 9.17) is 0 Å². The minimum atomic E-state index is -0.335. The van der Waals surface area contributed by atoms with Gasteiger partial charge in [0, 0.05) is 38.4 Å². The Morgan fingerprint density at radius 1 is 1.42 bits per heavy atom. The van der Waals surface area contributed by atoms with Crippen molar-refractivity contribution in [1.29, 1.82) is 0 Å². The molecule has 2 aromatic rings. The first-order chi connectivity index (χ1) is 11.6. The number of aromatic nitrogens is 3. The van der Waals surface area contributed by atoms with Crippen LogP contribution in [0.4, 0.5) is 5.69 Å². The van der Waals surface area contributed by atoms with Crippen LogP contribution in [0.15, 0.2) is 30.7 Å². The number of aryl methyl sites for hydroxylation is 1. The molecule has 3 rings (SSSR count). The molecule has 24 heavy (non-hydrogen) atoms. The molecule has 2 aromatic heterocycles. The summed E-state index contributed by atoms with van der Waals surface area (Å²) < 4.78 is 1.82. The molecule has 1 fully saturated rings. The highest BCUT2D eigenvalue weighted by molar-refractivity contribution is 5.97. The molecule has 126 valence electrons. The zero-order valence-electron chi connectivity index (χ0n) is 13.9. The van der Waals surface area contributed by atoms with E-state index < -0.39 is 0 Å². The SMILES string of the molecule is CCn1ncc(NC(=O)C2CC(=O)N(Cc3cccnc3)C2)c1C. The highest BCUT2D eigenvalue weighted by Gasteiger charge is 2.34. The number of anilines is 1. The summed E-state index contributed by atoms with van der Waals surface area (Å²) in [4.78, 5) is 30.4. The summed E-state index contributed by atoms with van der Waals surface area (Å²) in [6.45, 7) is 5.59. The first kappa shape index (κ1) is 16.2. The highest BCUT2D eigenvalue weighted by atomic mass is 16.2. The largest absolute Gasteiger partial charge is 0.337 e. The molecule has 3 heterocycles. The Morgan fingerprint density at radius 3 is 2.92 bits per heavy atom. The maximum Gasteiger partial charge on any atom is 0.229 e. The summed E-state index contributed by atoms with van der Waals surface area (Å²) in [6, 6.07) is 3.77. The molecule has 1 saturated heterocycles. The minimum absolute atomic E-state index is 0.0000201. The third-order valence-corrected chi connectivity index (χ3v) is 4.34. The second-order valence-corrected chi connectivity index (χ2v) is 5.99. The molecule has 0 radical (unpaired) electrons. The Morgan fingerprint density at radius 2 is 2.25 bits per heavy atom. The molecule has 1 N–H and O–H groups in total. The lowest BCUT2D eigenvalue weighted by molar-refractivity contribution is -0.128. The number of pyridine rings is 1. The molecule has 0 aromatic carbocycles. The average Bonchev–Trinajstić information content (AvgIpc) is 3.12. The van der Waals surface area contributed by atoms with Crippen LogP contribution in [0.1, 0.15) is 24.6 Å². The number of hydrogen-bond donors (Lipinski definition) is 1.